The van der Waals surface area contributed by atoms with Crippen LogP contribution in [0.5, 0.6) is 0 Å². The Hall–Kier alpha value is -1.57. The SMILES string of the molecule is COC(=O)C(N)CSCC(=O)NC(=O)c1ccc(Cl)cc1. The first-order chi connectivity index (χ1) is 9.93. The summed E-state index contributed by atoms with van der Waals surface area (Å²) in [6.07, 6.45) is 0. The second kappa shape index (κ2) is 8.66. The average Bonchev–Trinajstić information content (AvgIpc) is 2.46. The Bertz CT molecular complexity index is 521. The van der Waals surface area contributed by atoms with E-state index in [-0.39, 0.29) is 11.5 Å². The first-order valence-corrected chi connectivity index (χ1v) is 7.48. The van der Waals surface area contributed by atoms with Crippen molar-refractivity contribution in [1.29, 1.82) is 0 Å². The van der Waals surface area contributed by atoms with Crippen molar-refractivity contribution in [2.75, 3.05) is 18.6 Å². The molecule has 0 radical (unpaired) electrons. The van der Waals surface area contributed by atoms with Gasteiger partial charge in [-0.1, -0.05) is 11.6 Å². The zero-order chi connectivity index (χ0) is 15.8. The van der Waals surface area contributed by atoms with Gasteiger partial charge in [-0.25, -0.2) is 0 Å². The molecule has 1 rings (SSSR count). The number of carbonyl (C=O) groups is 3. The fourth-order valence-corrected chi connectivity index (χ4v) is 2.23. The van der Waals surface area contributed by atoms with E-state index in [0.717, 1.165) is 11.8 Å². The number of ether oxygens (including phenoxy) is 1. The Morgan fingerprint density at radius 2 is 1.95 bits per heavy atom. The van der Waals surface area contributed by atoms with Gasteiger partial charge in [-0.15, -0.1) is 11.8 Å². The number of benzene rings is 1. The van der Waals surface area contributed by atoms with E-state index in [9.17, 15) is 14.4 Å². The fraction of sp³-hybridized carbons (Fsp3) is 0.308. The second-order valence-electron chi connectivity index (χ2n) is 4.03. The third kappa shape index (κ3) is 6.16. The summed E-state index contributed by atoms with van der Waals surface area (Å²) in [5, 5.41) is 2.74. The number of methoxy groups -OCH3 is 1. The van der Waals surface area contributed by atoms with Crippen LogP contribution in [0.2, 0.25) is 5.02 Å². The number of nitrogens with two attached hydrogens (primary N) is 1. The van der Waals surface area contributed by atoms with Crippen LogP contribution in [0, 0.1) is 0 Å². The van der Waals surface area contributed by atoms with Gasteiger partial charge < -0.3 is 10.5 Å². The monoisotopic (exact) mass is 330 g/mol. The molecular formula is C13H15ClN2O4S. The van der Waals surface area contributed by atoms with Crippen molar-refractivity contribution in [2.24, 2.45) is 5.73 Å². The standard InChI is InChI=1S/C13H15ClN2O4S/c1-20-13(19)10(15)6-21-7-11(17)16-12(18)8-2-4-9(14)5-3-8/h2-5,10H,6-7,15H2,1H3,(H,16,17,18). The van der Waals surface area contributed by atoms with Crippen molar-refractivity contribution in [3.8, 4) is 0 Å². The summed E-state index contributed by atoms with van der Waals surface area (Å²) >= 11 is 6.85. The number of nitrogens with one attached hydrogen (secondary N) is 1. The van der Waals surface area contributed by atoms with Gasteiger partial charge in [0, 0.05) is 16.3 Å². The maximum absolute atomic E-state index is 11.7. The van der Waals surface area contributed by atoms with Crippen molar-refractivity contribution >= 4 is 41.1 Å². The highest BCUT2D eigenvalue weighted by molar-refractivity contribution is 8.00. The van der Waals surface area contributed by atoms with E-state index in [2.05, 4.69) is 10.1 Å². The molecule has 0 spiro atoms. The second-order valence-corrected chi connectivity index (χ2v) is 5.50. The third-order valence-corrected chi connectivity index (χ3v) is 3.71. The predicted molar refractivity (Wildman–Crippen MR) is 81.2 cm³/mol. The molecule has 0 aliphatic heterocycles. The summed E-state index contributed by atoms with van der Waals surface area (Å²) in [6.45, 7) is 0. The van der Waals surface area contributed by atoms with E-state index >= 15 is 0 Å². The lowest BCUT2D eigenvalue weighted by Gasteiger charge is -2.08. The van der Waals surface area contributed by atoms with E-state index in [1.807, 2.05) is 0 Å². The van der Waals surface area contributed by atoms with Crippen LogP contribution in [0.1, 0.15) is 10.4 Å². The summed E-state index contributed by atoms with van der Waals surface area (Å²) < 4.78 is 4.46. The van der Waals surface area contributed by atoms with Crippen molar-refractivity contribution in [3.63, 3.8) is 0 Å². The summed E-state index contributed by atoms with van der Waals surface area (Å²) in [5.74, 6) is -1.26. The van der Waals surface area contributed by atoms with Crippen molar-refractivity contribution < 1.29 is 19.1 Å². The smallest absolute Gasteiger partial charge is 0.323 e. The molecular weight excluding hydrogens is 316 g/mol. The zero-order valence-corrected chi connectivity index (χ0v) is 12.9. The molecule has 1 aromatic rings. The minimum Gasteiger partial charge on any atom is -0.468 e. The molecule has 0 aliphatic carbocycles. The first-order valence-electron chi connectivity index (χ1n) is 5.95. The Morgan fingerprint density at radius 1 is 1.33 bits per heavy atom. The number of hydrogen-bond acceptors (Lipinski definition) is 6. The third-order valence-electron chi connectivity index (χ3n) is 2.39. The number of rotatable bonds is 6. The summed E-state index contributed by atoms with van der Waals surface area (Å²) in [6, 6.07) is 5.37. The predicted octanol–water partition coefficient (Wildman–Crippen LogP) is 0.830. The van der Waals surface area contributed by atoms with Crippen LogP contribution in [0.15, 0.2) is 24.3 Å². The molecule has 6 nitrogen and oxygen atoms in total. The Balaban J connectivity index is 2.35. The highest BCUT2D eigenvalue weighted by Gasteiger charge is 2.15. The number of imide groups is 1. The van der Waals surface area contributed by atoms with Crippen LogP contribution in [0.4, 0.5) is 0 Å². The van der Waals surface area contributed by atoms with Gasteiger partial charge in [-0.2, -0.15) is 0 Å². The molecule has 2 amide bonds. The molecule has 8 heteroatoms. The largest absolute Gasteiger partial charge is 0.468 e. The molecule has 1 unspecified atom stereocenters. The van der Waals surface area contributed by atoms with Crippen LogP contribution in [0.3, 0.4) is 0 Å². The molecule has 0 saturated heterocycles. The topological polar surface area (TPSA) is 98.5 Å². The Morgan fingerprint density at radius 3 is 2.52 bits per heavy atom. The van der Waals surface area contributed by atoms with Crippen LogP contribution in [-0.2, 0) is 14.3 Å². The van der Waals surface area contributed by atoms with Gasteiger partial charge in [0.05, 0.1) is 12.9 Å². The molecule has 3 N–H and O–H groups in total. The maximum Gasteiger partial charge on any atom is 0.323 e. The van der Waals surface area contributed by atoms with Crippen molar-refractivity contribution in [3.05, 3.63) is 34.9 Å². The maximum atomic E-state index is 11.7. The Kier molecular flexibility index (Phi) is 7.21. The molecule has 1 atom stereocenters. The first kappa shape index (κ1) is 17.5. The van der Waals surface area contributed by atoms with Gasteiger partial charge in [0.2, 0.25) is 5.91 Å². The van der Waals surface area contributed by atoms with Gasteiger partial charge in [0.15, 0.2) is 0 Å². The number of hydrogen-bond donors (Lipinski definition) is 2. The molecule has 0 aromatic heterocycles. The van der Waals surface area contributed by atoms with Gasteiger partial charge in [0.25, 0.3) is 5.91 Å². The summed E-state index contributed by atoms with van der Waals surface area (Å²) in [4.78, 5) is 34.4. The van der Waals surface area contributed by atoms with E-state index < -0.39 is 23.8 Å². The zero-order valence-electron chi connectivity index (χ0n) is 11.3. The van der Waals surface area contributed by atoms with Crippen LogP contribution in [-0.4, -0.2) is 42.4 Å². The minimum absolute atomic E-state index is 0.0179. The number of carbonyl (C=O) groups excluding carboxylic acids is 3. The van der Waals surface area contributed by atoms with Crippen LogP contribution < -0.4 is 11.1 Å². The average molecular weight is 331 g/mol. The molecule has 0 bridgehead atoms. The van der Waals surface area contributed by atoms with Gasteiger partial charge >= 0.3 is 5.97 Å². The van der Waals surface area contributed by atoms with Gasteiger partial charge in [-0.05, 0) is 24.3 Å². The van der Waals surface area contributed by atoms with E-state index in [4.69, 9.17) is 17.3 Å². The van der Waals surface area contributed by atoms with Gasteiger partial charge in [-0.3, -0.25) is 19.7 Å². The molecule has 1 aromatic carbocycles. The minimum atomic E-state index is -0.792. The lowest BCUT2D eigenvalue weighted by Crippen LogP contribution is -2.35. The van der Waals surface area contributed by atoms with Crippen LogP contribution >= 0.6 is 23.4 Å². The highest BCUT2D eigenvalue weighted by Crippen LogP contribution is 2.09. The molecule has 21 heavy (non-hydrogen) atoms. The quantitative estimate of drug-likeness (QED) is 0.750. The number of esters is 1. The van der Waals surface area contributed by atoms with Crippen LogP contribution in [0.25, 0.3) is 0 Å². The summed E-state index contributed by atoms with van der Waals surface area (Å²) in [7, 11) is 1.24. The number of halogens is 1. The molecule has 114 valence electrons. The molecule has 0 aliphatic rings. The highest BCUT2D eigenvalue weighted by atomic mass is 35.5. The summed E-state index contributed by atoms with van der Waals surface area (Å²) in [5.41, 5.74) is 5.85. The number of amides is 2. The van der Waals surface area contributed by atoms with Crippen molar-refractivity contribution in [2.45, 2.75) is 6.04 Å². The number of thioether (sulfide) groups is 1. The fourth-order valence-electron chi connectivity index (χ4n) is 1.33. The lowest BCUT2D eigenvalue weighted by atomic mass is 10.2. The molecule has 0 saturated carbocycles. The normalized spacial score (nSPS) is 11.6. The van der Waals surface area contributed by atoms with Gasteiger partial charge in [0.1, 0.15) is 6.04 Å². The van der Waals surface area contributed by atoms with E-state index in [1.54, 1.807) is 12.1 Å². The molecule has 0 heterocycles. The lowest BCUT2D eigenvalue weighted by molar-refractivity contribution is -0.141. The molecule has 0 fully saturated rings. The van der Waals surface area contributed by atoms with E-state index in [0.29, 0.717) is 10.6 Å². The Labute approximate surface area is 131 Å². The van der Waals surface area contributed by atoms with E-state index in [1.165, 1.54) is 19.2 Å². The van der Waals surface area contributed by atoms with Crippen molar-refractivity contribution in [1.82, 2.24) is 5.32 Å².